The first kappa shape index (κ1) is 21.2. The van der Waals surface area contributed by atoms with Gasteiger partial charge in [-0.15, -0.1) is 0 Å². The molecular weight excluding hydrogens is 418 g/mol. The fourth-order valence-corrected chi connectivity index (χ4v) is 4.57. The number of H-pyrrole nitrogens is 1. The quantitative estimate of drug-likeness (QED) is 0.347. The molecule has 0 aliphatic heterocycles. The molecule has 0 saturated carbocycles. The number of amides is 1. The Bertz CT molecular complexity index is 1240. The Morgan fingerprint density at radius 1 is 1.00 bits per heavy atom. The number of aromatic amines is 1. The van der Waals surface area contributed by atoms with Gasteiger partial charge in [-0.3, -0.25) is 5.10 Å². The zero-order valence-electron chi connectivity index (χ0n) is 17.9. The van der Waals surface area contributed by atoms with Crippen molar-refractivity contribution in [3.63, 3.8) is 0 Å². The second-order valence-electron chi connectivity index (χ2n) is 8.23. The molecule has 2 unspecified atom stereocenters. The van der Waals surface area contributed by atoms with E-state index in [1.165, 1.54) is 11.1 Å². The normalized spacial score (nSPS) is 14.5. The molecule has 7 heteroatoms. The van der Waals surface area contributed by atoms with Crippen molar-refractivity contribution in [1.29, 1.82) is 0 Å². The molecular formula is C26H25N3O4. The Balaban J connectivity index is 1.15. The second kappa shape index (κ2) is 9.05. The van der Waals surface area contributed by atoms with Crippen molar-refractivity contribution < 1.29 is 19.7 Å². The van der Waals surface area contributed by atoms with Gasteiger partial charge in [0.25, 0.3) is 0 Å². The predicted molar refractivity (Wildman–Crippen MR) is 125 cm³/mol. The van der Waals surface area contributed by atoms with Crippen molar-refractivity contribution in [2.24, 2.45) is 0 Å². The number of ether oxygens (including phenoxy) is 1. The van der Waals surface area contributed by atoms with Crippen LogP contribution >= 0.6 is 0 Å². The van der Waals surface area contributed by atoms with Crippen LogP contribution in [0.4, 0.5) is 4.79 Å². The van der Waals surface area contributed by atoms with Crippen LogP contribution in [0.15, 0.2) is 72.9 Å². The van der Waals surface area contributed by atoms with Crippen LogP contribution in [0.5, 0.6) is 0 Å². The highest BCUT2D eigenvalue weighted by Gasteiger charge is 2.29. The maximum atomic E-state index is 12.3. The molecule has 0 radical (unpaired) electrons. The Hall–Kier alpha value is -3.68. The standard InChI is InChI=1S/C26H25N3O4/c30-23(25(31)21-11-5-6-16-14-28-29-24(16)21)12-13-27-26(32)33-15-22-19-9-3-1-7-17(19)18-8-2-4-10-20(18)22/h1-11,14,22-23,25,30-31H,12-13,15H2,(H,27,32)(H,28,29). The van der Waals surface area contributed by atoms with Crippen LogP contribution in [0.25, 0.3) is 22.0 Å². The highest BCUT2D eigenvalue weighted by atomic mass is 16.5. The van der Waals surface area contributed by atoms with Crippen molar-refractivity contribution >= 4 is 17.0 Å². The van der Waals surface area contributed by atoms with Crippen LogP contribution in [-0.2, 0) is 4.74 Å². The van der Waals surface area contributed by atoms with Gasteiger partial charge in [0.15, 0.2) is 0 Å². The number of nitrogens with zero attached hydrogens (tertiary/aromatic N) is 1. The van der Waals surface area contributed by atoms with Gasteiger partial charge in [0.05, 0.1) is 17.8 Å². The van der Waals surface area contributed by atoms with Crippen LogP contribution in [0.3, 0.4) is 0 Å². The molecule has 7 nitrogen and oxygen atoms in total. The Kier molecular flexibility index (Phi) is 5.81. The highest BCUT2D eigenvalue weighted by molar-refractivity contribution is 5.81. The number of aliphatic hydroxyl groups is 2. The van der Waals surface area contributed by atoms with Crippen molar-refractivity contribution in [1.82, 2.24) is 15.5 Å². The van der Waals surface area contributed by atoms with E-state index in [1.807, 2.05) is 30.3 Å². The lowest BCUT2D eigenvalue weighted by molar-refractivity contribution is 0.0144. The number of hydrogen-bond acceptors (Lipinski definition) is 5. The molecule has 3 aromatic carbocycles. The number of fused-ring (bicyclic) bond motifs is 4. The van der Waals surface area contributed by atoms with E-state index >= 15 is 0 Å². The minimum absolute atomic E-state index is 0.00884. The zero-order valence-corrected chi connectivity index (χ0v) is 17.9. The molecule has 0 fully saturated rings. The minimum Gasteiger partial charge on any atom is -0.449 e. The topological polar surface area (TPSA) is 107 Å². The largest absolute Gasteiger partial charge is 0.449 e. The van der Waals surface area contributed by atoms with Gasteiger partial charge < -0.3 is 20.3 Å². The summed E-state index contributed by atoms with van der Waals surface area (Å²) in [4.78, 5) is 12.3. The van der Waals surface area contributed by atoms with Crippen molar-refractivity contribution in [3.8, 4) is 11.1 Å². The molecule has 5 rings (SSSR count). The molecule has 0 spiro atoms. The Morgan fingerprint density at radius 3 is 2.42 bits per heavy atom. The molecule has 4 aromatic rings. The van der Waals surface area contributed by atoms with E-state index in [0.717, 1.165) is 16.5 Å². The van der Waals surface area contributed by atoms with Crippen LogP contribution in [0, 0.1) is 0 Å². The van der Waals surface area contributed by atoms with Crippen LogP contribution in [0.2, 0.25) is 0 Å². The van der Waals surface area contributed by atoms with E-state index in [4.69, 9.17) is 4.74 Å². The number of carbonyl (C=O) groups excluding carboxylic acids is 1. The molecule has 2 atom stereocenters. The lowest BCUT2D eigenvalue weighted by atomic mass is 9.98. The van der Waals surface area contributed by atoms with Crippen LogP contribution in [-0.4, -0.2) is 45.8 Å². The smallest absolute Gasteiger partial charge is 0.407 e. The zero-order chi connectivity index (χ0) is 22.8. The minimum atomic E-state index is -1.10. The summed E-state index contributed by atoms with van der Waals surface area (Å²) >= 11 is 0. The Morgan fingerprint density at radius 2 is 1.70 bits per heavy atom. The number of benzene rings is 3. The molecule has 0 saturated heterocycles. The third kappa shape index (κ3) is 4.08. The summed E-state index contributed by atoms with van der Waals surface area (Å²) in [5, 5.41) is 31.3. The summed E-state index contributed by atoms with van der Waals surface area (Å²) < 4.78 is 5.51. The summed E-state index contributed by atoms with van der Waals surface area (Å²) in [6, 6.07) is 21.7. The van der Waals surface area contributed by atoms with Crippen molar-refractivity contribution in [2.45, 2.75) is 24.5 Å². The van der Waals surface area contributed by atoms with Gasteiger partial charge in [-0.05, 0) is 28.7 Å². The lowest BCUT2D eigenvalue weighted by Gasteiger charge is -2.19. The number of aromatic nitrogens is 2. The van der Waals surface area contributed by atoms with Gasteiger partial charge in [-0.1, -0.05) is 66.7 Å². The number of carbonyl (C=O) groups is 1. The first-order valence-corrected chi connectivity index (χ1v) is 11.0. The van der Waals surface area contributed by atoms with Gasteiger partial charge in [-0.2, -0.15) is 5.10 Å². The molecule has 1 heterocycles. The van der Waals surface area contributed by atoms with Gasteiger partial charge >= 0.3 is 6.09 Å². The number of alkyl carbamates (subject to hydrolysis) is 1. The lowest BCUT2D eigenvalue weighted by Crippen LogP contribution is -2.30. The molecule has 1 amide bonds. The van der Waals surface area contributed by atoms with Gasteiger partial charge in [0.1, 0.15) is 12.7 Å². The summed E-state index contributed by atoms with van der Waals surface area (Å²) in [6.45, 7) is 0.403. The molecule has 1 aromatic heterocycles. The Labute approximate surface area is 191 Å². The number of aliphatic hydroxyl groups excluding tert-OH is 2. The highest BCUT2D eigenvalue weighted by Crippen LogP contribution is 2.44. The average Bonchev–Trinajstić information content (AvgIpc) is 3.45. The fraction of sp³-hybridized carbons (Fsp3) is 0.231. The first-order valence-electron chi connectivity index (χ1n) is 11.0. The van der Waals surface area contributed by atoms with E-state index in [1.54, 1.807) is 18.3 Å². The number of hydrogen-bond donors (Lipinski definition) is 4. The van der Waals surface area contributed by atoms with Crippen molar-refractivity contribution in [3.05, 3.63) is 89.6 Å². The SMILES string of the molecule is O=C(NCCC(O)C(O)c1cccc2cn[nH]c12)OCC1c2ccccc2-c2ccccc21. The second-order valence-corrected chi connectivity index (χ2v) is 8.23. The molecule has 168 valence electrons. The number of rotatable bonds is 7. The average molecular weight is 444 g/mol. The first-order chi connectivity index (χ1) is 16.1. The number of nitrogens with one attached hydrogen (secondary N) is 2. The number of para-hydroxylation sites is 1. The van der Waals surface area contributed by atoms with E-state index in [-0.39, 0.29) is 25.5 Å². The van der Waals surface area contributed by atoms with E-state index < -0.39 is 18.3 Å². The molecule has 1 aliphatic carbocycles. The van der Waals surface area contributed by atoms with Crippen LogP contribution in [0.1, 0.15) is 35.1 Å². The maximum absolute atomic E-state index is 12.3. The van der Waals surface area contributed by atoms with Crippen LogP contribution < -0.4 is 5.32 Å². The summed E-state index contributed by atoms with van der Waals surface area (Å²) in [6.07, 6.45) is -0.854. The van der Waals surface area contributed by atoms with Crippen molar-refractivity contribution in [2.75, 3.05) is 13.2 Å². The van der Waals surface area contributed by atoms with Gasteiger partial charge in [0, 0.05) is 23.4 Å². The van der Waals surface area contributed by atoms with Gasteiger partial charge in [-0.25, -0.2) is 4.79 Å². The third-order valence-corrected chi connectivity index (χ3v) is 6.25. The predicted octanol–water partition coefficient (Wildman–Crippen LogP) is 3.89. The van der Waals surface area contributed by atoms with E-state index in [2.05, 4.69) is 39.8 Å². The summed E-state index contributed by atoms with van der Waals surface area (Å²) in [5.74, 6) is -0.00884. The fourth-order valence-electron chi connectivity index (χ4n) is 4.57. The maximum Gasteiger partial charge on any atom is 0.407 e. The molecule has 4 N–H and O–H groups in total. The third-order valence-electron chi connectivity index (χ3n) is 6.25. The van der Waals surface area contributed by atoms with Gasteiger partial charge in [0.2, 0.25) is 0 Å². The molecule has 33 heavy (non-hydrogen) atoms. The molecule has 1 aliphatic rings. The van der Waals surface area contributed by atoms with E-state index in [9.17, 15) is 15.0 Å². The summed E-state index contributed by atoms with van der Waals surface area (Å²) in [7, 11) is 0. The summed E-state index contributed by atoms with van der Waals surface area (Å²) in [5.41, 5.74) is 5.90. The molecule has 0 bridgehead atoms. The monoisotopic (exact) mass is 443 g/mol. The van der Waals surface area contributed by atoms with E-state index in [0.29, 0.717) is 11.1 Å².